The highest BCUT2D eigenvalue weighted by Gasteiger charge is 2.37. The van der Waals surface area contributed by atoms with E-state index in [2.05, 4.69) is 15.7 Å². The van der Waals surface area contributed by atoms with Crippen LogP contribution in [0.5, 0.6) is 0 Å². The van der Waals surface area contributed by atoms with Crippen LogP contribution in [0.1, 0.15) is 41.4 Å². The molecule has 0 saturated carbocycles. The van der Waals surface area contributed by atoms with E-state index in [9.17, 15) is 14.7 Å². The molecule has 1 aromatic heterocycles. The fourth-order valence-electron chi connectivity index (χ4n) is 3.22. The van der Waals surface area contributed by atoms with Gasteiger partial charge in [0.05, 0.1) is 0 Å². The largest absolute Gasteiger partial charge is 0.550 e. The number of aryl methyl sites for hydroxylation is 1. The normalized spacial score (nSPS) is 23.7. The molecule has 0 aromatic carbocycles. The fraction of sp³-hybridized carbons (Fsp3) is 0.400. The Hall–Kier alpha value is -2.35. The van der Waals surface area contributed by atoms with Crippen molar-refractivity contribution in [3.8, 4) is 0 Å². The Bertz CT molecular complexity index is 752. The van der Waals surface area contributed by atoms with Gasteiger partial charge in [-0.05, 0) is 37.3 Å². The maximum Gasteiger partial charge on any atom is 0.270 e. The van der Waals surface area contributed by atoms with Gasteiger partial charge in [-0.3, -0.25) is 10.2 Å². The van der Waals surface area contributed by atoms with Crippen LogP contribution in [0.4, 0.5) is 5.00 Å². The lowest BCUT2D eigenvalue weighted by molar-refractivity contribution is -0.304. The van der Waals surface area contributed by atoms with Crippen molar-refractivity contribution in [2.24, 2.45) is 4.99 Å². The fourth-order valence-corrected chi connectivity index (χ4v) is 4.48. The molecular formula is C15H15N4O3S-. The van der Waals surface area contributed by atoms with Crippen molar-refractivity contribution in [2.75, 3.05) is 0 Å². The number of aliphatic imine (C=N–C) groups is 1. The summed E-state index contributed by atoms with van der Waals surface area (Å²) >= 11 is 1.71. The molecule has 3 heterocycles. The minimum atomic E-state index is -1.23. The second kappa shape index (κ2) is 5.38. The van der Waals surface area contributed by atoms with Gasteiger partial charge < -0.3 is 15.2 Å². The van der Waals surface area contributed by atoms with E-state index in [1.807, 2.05) is 0 Å². The zero-order valence-corrected chi connectivity index (χ0v) is 13.1. The van der Waals surface area contributed by atoms with E-state index in [0.29, 0.717) is 0 Å². The van der Waals surface area contributed by atoms with Gasteiger partial charge in [0.1, 0.15) is 17.0 Å². The lowest BCUT2D eigenvalue weighted by atomic mass is 9.93. The summed E-state index contributed by atoms with van der Waals surface area (Å²) in [6.45, 7) is 0. The lowest BCUT2D eigenvalue weighted by Crippen LogP contribution is -2.56. The van der Waals surface area contributed by atoms with Crippen molar-refractivity contribution in [2.45, 2.75) is 38.3 Å². The summed E-state index contributed by atoms with van der Waals surface area (Å²) in [5, 5.41) is 16.2. The summed E-state index contributed by atoms with van der Waals surface area (Å²) in [6, 6.07) is 0. The van der Waals surface area contributed by atoms with Crippen LogP contribution in [0.15, 0.2) is 16.8 Å². The summed E-state index contributed by atoms with van der Waals surface area (Å²) in [7, 11) is 0. The minimum Gasteiger partial charge on any atom is -0.550 e. The monoisotopic (exact) mass is 331 g/mol. The van der Waals surface area contributed by atoms with Crippen molar-refractivity contribution in [3.63, 3.8) is 0 Å². The summed E-state index contributed by atoms with van der Waals surface area (Å²) in [5.41, 5.74) is 5.53. The standard InChI is InChI=1S/C15H16N4O3S/c20-11(21)6-5-9-14(22)17-13-12-8-3-1-2-4-10(8)23-15(12)16-7-19(13)18-9/h5,7,13,18H,1-4,6H2,(H,17,22)(H,20,21)/p-1/t13-/m0/s1. The first kappa shape index (κ1) is 14.3. The van der Waals surface area contributed by atoms with E-state index >= 15 is 0 Å². The molecule has 4 rings (SSSR count). The molecule has 1 fully saturated rings. The van der Waals surface area contributed by atoms with Gasteiger partial charge in [0.15, 0.2) is 6.17 Å². The first-order chi connectivity index (χ1) is 11.1. The molecule has 8 heteroatoms. The number of hydrogen-bond donors (Lipinski definition) is 2. The number of carbonyl (C=O) groups excluding carboxylic acids is 2. The van der Waals surface area contributed by atoms with E-state index < -0.39 is 5.97 Å². The molecule has 120 valence electrons. The maximum atomic E-state index is 12.2. The Morgan fingerprint density at radius 3 is 3.13 bits per heavy atom. The van der Waals surface area contributed by atoms with Gasteiger partial charge in [-0.2, -0.15) is 0 Å². The summed E-state index contributed by atoms with van der Waals surface area (Å²) in [6.07, 6.45) is 6.79. The number of rotatable bonds is 2. The van der Waals surface area contributed by atoms with Crippen LogP contribution in [-0.2, 0) is 22.4 Å². The Morgan fingerprint density at radius 2 is 2.30 bits per heavy atom. The second-order valence-electron chi connectivity index (χ2n) is 5.76. The van der Waals surface area contributed by atoms with E-state index in [-0.39, 0.29) is 24.2 Å². The molecule has 7 nitrogen and oxygen atoms in total. The molecule has 23 heavy (non-hydrogen) atoms. The predicted molar refractivity (Wildman–Crippen MR) is 82.7 cm³/mol. The Balaban J connectivity index is 1.66. The van der Waals surface area contributed by atoms with E-state index in [1.165, 1.54) is 22.9 Å². The number of thiophene rings is 1. The molecule has 2 aliphatic heterocycles. The number of carbonyl (C=O) groups is 2. The molecule has 1 saturated heterocycles. The van der Waals surface area contributed by atoms with Crippen LogP contribution in [0, 0.1) is 0 Å². The second-order valence-corrected chi connectivity index (χ2v) is 6.85. The highest BCUT2D eigenvalue weighted by Crippen LogP contribution is 2.45. The van der Waals surface area contributed by atoms with Gasteiger partial charge >= 0.3 is 0 Å². The number of aliphatic carboxylic acids is 1. The smallest absolute Gasteiger partial charge is 0.270 e. The number of amides is 1. The summed E-state index contributed by atoms with van der Waals surface area (Å²) < 4.78 is 0. The van der Waals surface area contributed by atoms with Crippen molar-refractivity contribution in [1.82, 2.24) is 15.8 Å². The first-order valence-corrected chi connectivity index (χ1v) is 8.39. The Labute approximate surface area is 136 Å². The number of nitrogens with one attached hydrogen (secondary N) is 2. The molecule has 3 aliphatic rings. The zero-order valence-electron chi connectivity index (χ0n) is 12.3. The SMILES string of the molecule is O=C([O-])CC=C1NN2C=Nc3sc4c(c3[C@H]2NC1=O)CCCC4. The van der Waals surface area contributed by atoms with Gasteiger partial charge in [-0.15, -0.1) is 11.3 Å². The molecule has 2 N–H and O–H groups in total. The minimum absolute atomic E-state index is 0.199. The third-order valence-electron chi connectivity index (χ3n) is 4.28. The number of carboxylic acid groups (broad SMARTS) is 1. The van der Waals surface area contributed by atoms with Crippen molar-refractivity contribution in [1.29, 1.82) is 0 Å². The highest BCUT2D eigenvalue weighted by atomic mass is 32.1. The van der Waals surface area contributed by atoms with Crippen LogP contribution in [-0.4, -0.2) is 23.2 Å². The molecular weight excluding hydrogens is 316 g/mol. The molecule has 1 aliphatic carbocycles. The molecule has 1 amide bonds. The average molecular weight is 331 g/mol. The van der Waals surface area contributed by atoms with Gasteiger partial charge in [0.25, 0.3) is 5.91 Å². The van der Waals surface area contributed by atoms with E-state index in [4.69, 9.17) is 0 Å². The molecule has 1 aromatic rings. The molecule has 1 atom stereocenters. The Kier molecular flexibility index (Phi) is 3.33. The average Bonchev–Trinajstić information content (AvgIpc) is 2.91. The molecule has 0 radical (unpaired) electrons. The third-order valence-corrected chi connectivity index (χ3v) is 5.49. The van der Waals surface area contributed by atoms with Crippen LogP contribution in [0.3, 0.4) is 0 Å². The Morgan fingerprint density at radius 1 is 1.48 bits per heavy atom. The van der Waals surface area contributed by atoms with Crippen molar-refractivity contribution in [3.05, 3.63) is 27.8 Å². The third kappa shape index (κ3) is 2.39. The van der Waals surface area contributed by atoms with Crippen molar-refractivity contribution < 1.29 is 14.7 Å². The van der Waals surface area contributed by atoms with Crippen LogP contribution in [0.25, 0.3) is 0 Å². The van der Waals surface area contributed by atoms with Gasteiger partial charge in [0.2, 0.25) is 0 Å². The quantitative estimate of drug-likeness (QED) is 0.758. The van der Waals surface area contributed by atoms with Gasteiger partial charge in [0, 0.05) is 22.8 Å². The molecule has 0 unspecified atom stereocenters. The number of fused-ring (bicyclic) bond motifs is 5. The lowest BCUT2D eigenvalue weighted by Gasteiger charge is -2.39. The topological polar surface area (TPSA) is 96.9 Å². The number of carboxylic acids is 1. The number of nitrogens with zero attached hydrogens (tertiary/aromatic N) is 2. The number of hydrazine groups is 1. The van der Waals surface area contributed by atoms with Gasteiger partial charge in [-0.25, -0.2) is 10.0 Å². The van der Waals surface area contributed by atoms with E-state index in [0.717, 1.165) is 29.8 Å². The molecule has 0 spiro atoms. The van der Waals surface area contributed by atoms with Crippen molar-refractivity contribution >= 4 is 34.6 Å². The highest BCUT2D eigenvalue weighted by molar-refractivity contribution is 7.16. The van der Waals surface area contributed by atoms with Crippen LogP contribution < -0.4 is 15.8 Å². The number of hydrogen-bond acceptors (Lipinski definition) is 7. The predicted octanol–water partition coefficient (Wildman–Crippen LogP) is 0.259. The summed E-state index contributed by atoms with van der Waals surface area (Å²) in [4.78, 5) is 28.7. The van der Waals surface area contributed by atoms with Crippen LogP contribution in [0.2, 0.25) is 0 Å². The van der Waals surface area contributed by atoms with E-state index in [1.54, 1.807) is 22.7 Å². The van der Waals surface area contributed by atoms with Gasteiger partial charge in [-0.1, -0.05) is 0 Å². The van der Waals surface area contributed by atoms with Crippen LogP contribution >= 0.6 is 11.3 Å². The zero-order chi connectivity index (χ0) is 16.0. The summed E-state index contributed by atoms with van der Waals surface area (Å²) in [5.74, 6) is -1.54. The molecule has 0 bridgehead atoms. The maximum absolute atomic E-state index is 12.2. The first-order valence-electron chi connectivity index (χ1n) is 7.58.